The summed E-state index contributed by atoms with van der Waals surface area (Å²) in [6.07, 6.45) is 7.50. The number of carbonyl (C=O) groups is 1. The van der Waals surface area contributed by atoms with Gasteiger partial charge in [-0.25, -0.2) is 15.0 Å². The first-order chi connectivity index (χ1) is 14.5. The summed E-state index contributed by atoms with van der Waals surface area (Å²) in [6.45, 7) is 1.79. The summed E-state index contributed by atoms with van der Waals surface area (Å²) < 4.78 is 8.69. The molecule has 0 spiro atoms. The van der Waals surface area contributed by atoms with Crippen molar-refractivity contribution in [3.63, 3.8) is 0 Å². The molecule has 1 amide bonds. The van der Waals surface area contributed by atoms with Gasteiger partial charge in [-0.05, 0) is 24.5 Å². The van der Waals surface area contributed by atoms with E-state index in [1.807, 2.05) is 39.4 Å². The fourth-order valence-corrected chi connectivity index (χ4v) is 4.62. The first-order valence-electron chi connectivity index (χ1n) is 9.92. The SMILES string of the molecule is COc1ncc(C(=O)N2C[C@@H]3C[C@H](C2)c2ccc(-c4nccn4C)c(=O)n2C3)cn1. The summed E-state index contributed by atoms with van der Waals surface area (Å²) in [6, 6.07) is 4.10. The summed E-state index contributed by atoms with van der Waals surface area (Å²) in [5.41, 5.74) is 2.02. The quantitative estimate of drug-likeness (QED) is 0.651. The number of likely N-dealkylation sites (tertiary alicyclic amines) is 1. The van der Waals surface area contributed by atoms with Crippen LogP contribution in [0, 0.1) is 5.92 Å². The molecular weight excluding hydrogens is 384 g/mol. The fraction of sp³-hybridized carbons (Fsp3) is 0.381. The van der Waals surface area contributed by atoms with Crippen molar-refractivity contribution in [1.29, 1.82) is 0 Å². The first kappa shape index (κ1) is 18.5. The van der Waals surface area contributed by atoms with Crippen molar-refractivity contribution in [2.45, 2.75) is 18.9 Å². The first-order valence-corrected chi connectivity index (χ1v) is 9.92. The molecule has 2 aliphatic heterocycles. The fourth-order valence-electron chi connectivity index (χ4n) is 4.62. The van der Waals surface area contributed by atoms with Gasteiger partial charge in [0.2, 0.25) is 0 Å². The lowest BCUT2D eigenvalue weighted by Gasteiger charge is -2.42. The number of pyridine rings is 1. The number of amides is 1. The van der Waals surface area contributed by atoms with Gasteiger partial charge in [0.05, 0.1) is 18.2 Å². The van der Waals surface area contributed by atoms with E-state index >= 15 is 0 Å². The Morgan fingerprint density at radius 3 is 2.63 bits per heavy atom. The van der Waals surface area contributed by atoms with Crippen LogP contribution in [0.1, 0.15) is 28.4 Å². The molecule has 9 nitrogen and oxygen atoms in total. The average molecular weight is 406 g/mol. The lowest BCUT2D eigenvalue weighted by Crippen LogP contribution is -2.49. The Morgan fingerprint density at radius 1 is 1.13 bits per heavy atom. The molecule has 30 heavy (non-hydrogen) atoms. The number of carbonyl (C=O) groups excluding carboxylic acids is 1. The van der Waals surface area contributed by atoms with E-state index in [0.717, 1.165) is 12.1 Å². The molecule has 0 N–H and O–H groups in total. The zero-order valence-electron chi connectivity index (χ0n) is 16.9. The number of methoxy groups -OCH3 is 1. The average Bonchev–Trinajstić information content (AvgIpc) is 3.19. The number of imidazole rings is 1. The predicted molar refractivity (Wildman–Crippen MR) is 108 cm³/mol. The van der Waals surface area contributed by atoms with Crippen LogP contribution in [0.4, 0.5) is 0 Å². The molecular formula is C21H22N6O3. The maximum atomic E-state index is 13.2. The van der Waals surface area contributed by atoms with Gasteiger partial charge in [-0.3, -0.25) is 9.59 Å². The standard InChI is InChI=1S/C21H22N6O3/c1-25-6-5-22-18(25)16-3-4-17-14-7-13(11-27(17)20(16)29)10-26(12-14)19(28)15-8-23-21(30-2)24-9-15/h3-6,8-9,13-14H,7,10-12H2,1-2H3/t13-,14+/m0/s1. The number of nitrogens with zero attached hydrogens (tertiary/aromatic N) is 6. The van der Waals surface area contributed by atoms with E-state index in [0.29, 0.717) is 36.6 Å². The zero-order valence-corrected chi connectivity index (χ0v) is 16.9. The van der Waals surface area contributed by atoms with Crippen LogP contribution in [0.3, 0.4) is 0 Å². The van der Waals surface area contributed by atoms with Gasteiger partial charge in [0.15, 0.2) is 0 Å². The lowest BCUT2D eigenvalue weighted by atomic mass is 9.82. The molecule has 3 aromatic rings. The van der Waals surface area contributed by atoms with Crippen LogP contribution < -0.4 is 10.3 Å². The Hall–Kier alpha value is -3.49. The van der Waals surface area contributed by atoms with E-state index in [-0.39, 0.29) is 29.3 Å². The number of ether oxygens (including phenoxy) is 1. The molecule has 0 aromatic carbocycles. The monoisotopic (exact) mass is 406 g/mol. The normalized spacial score (nSPS) is 20.0. The molecule has 5 rings (SSSR count). The lowest BCUT2D eigenvalue weighted by molar-refractivity contribution is 0.0593. The van der Waals surface area contributed by atoms with Gasteiger partial charge in [-0.1, -0.05) is 0 Å². The van der Waals surface area contributed by atoms with Gasteiger partial charge < -0.3 is 18.8 Å². The number of fused-ring (bicyclic) bond motifs is 4. The Morgan fingerprint density at radius 2 is 1.93 bits per heavy atom. The van der Waals surface area contributed by atoms with Crippen molar-refractivity contribution in [3.05, 3.63) is 58.5 Å². The molecule has 3 aromatic heterocycles. The van der Waals surface area contributed by atoms with E-state index in [4.69, 9.17) is 4.74 Å². The molecule has 0 unspecified atom stereocenters. The molecule has 0 aliphatic carbocycles. The third-order valence-electron chi connectivity index (χ3n) is 6.01. The molecule has 154 valence electrons. The second kappa shape index (κ2) is 7.08. The summed E-state index contributed by atoms with van der Waals surface area (Å²) in [5, 5.41) is 0. The van der Waals surface area contributed by atoms with Gasteiger partial charge in [-0.15, -0.1) is 0 Å². The number of piperidine rings is 1. The highest BCUT2D eigenvalue weighted by Gasteiger charge is 2.37. The molecule has 0 radical (unpaired) electrons. The Kier molecular flexibility index (Phi) is 4.38. The summed E-state index contributed by atoms with van der Waals surface area (Å²) >= 11 is 0. The van der Waals surface area contributed by atoms with Crippen molar-refractivity contribution in [1.82, 2.24) is 29.0 Å². The Labute approximate surface area is 173 Å². The number of hydrogen-bond acceptors (Lipinski definition) is 6. The third kappa shape index (κ3) is 2.97. The van der Waals surface area contributed by atoms with E-state index in [2.05, 4.69) is 15.0 Å². The largest absolute Gasteiger partial charge is 0.467 e. The number of rotatable bonds is 3. The van der Waals surface area contributed by atoms with E-state index < -0.39 is 0 Å². The topological polar surface area (TPSA) is 95.1 Å². The van der Waals surface area contributed by atoms with E-state index in [9.17, 15) is 9.59 Å². The van der Waals surface area contributed by atoms with Crippen molar-refractivity contribution >= 4 is 5.91 Å². The molecule has 2 bridgehead atoms. The van der Waals surface area contributed by atoms with Crippen LogP contribution >= 0.6 is 0 Å². The molecule has 1 saturated heterocycles. The Bertz CT molecular complexity index is 1170. The second-order valence-corrected chi connectivity index (χ2v) is 7.92. The van der Waals surface area contributed by atoms with Crippen LogP contribution in [0.25, 0.3) is 11.4 Å². The number of hydrogen-bond donors (Lipinski definition) is 0. The predicted octanol–water partition coefficient (Wildman–Crippen LogP) is 1.31. The molecule has 5 heterocycles. The minimum absolute atomic E-state index is 0.0140. The summed E-state index contributed by atoms with van der Waals surface area (Å²) in [5.74, 6) is 0.938. The van der Waals surface area contributed by atoms with Gasteiger partial charge >= 0.3 is 6.01 Å². The van der Waals surface area contributed by atoms with Gasteiger partial charge in [0.25, 0.3) is 11.5 Å². The highest BCUT2D eigenvalue weighted by molar-refractivity contribution is 5.93. The third-order valence-corrected chi connectivity index (χ3v) is 6.01. The van der Waals surface area contributed by atoms with Crippen molar-refractivity contribution in [3.8, 4) is 17.4 Å². The van der Waals surface area contributed by atoms with Crippen LogP contribution in [0.2, 0.25) is 0 Å². The van der Waals surface area contributed by atoms with Gasteiger partial charge in [-0.2, -0.15) is 0 Å². The smallest absolute Gasteiger partial charge is 0.316 e. The van der Waals surface area contributed by atoms with E-state index in [1.165, 1.54) is 19.5 Å². The minimum Gasteiger partial charge on any atom is -0.467 e. The van der Waals surface area contributed by atoms with Crippen molar-refractivity contribution in [2.75, 3.05) is 20.2 Å². The van der Waals surface area contributed by atoms with Gasteiger partial charge in [0.1, 0.15) is 5.82 Å². The molecule has 9 heteroatoms. The highest BCUT2D eigenvalue weighted by atomic mass is 16.5. The highest BCUT2D eigenvalue weighted by Crippen LogP contribution is 2.36. The van der Waals surface area contributed by atoms with Crippen molar-refractivity contribution in [2.24, 2.45) is 13.0 Å². The van der Waals surface area contributed by atoms with Crippen LogP contribution in [0.15, 0.2) is 41.7 Å². The maximum absolute atomic E-state index is 13.2. The summed E-state index contributed by atoms with van der Waals surface area (Å²) in [7, 11) is 3.37. The second-order valence-electron chi connectivity index (χ2n) is 7.92. The zero-order chi connectivity index (χ0) is 20.8. The van der Waals surface area contributed by atoms with Crippen LogP contribution in [-0.4, -0.2) is 55.1 Å². The molecule has 0 saturated carbocycles. The summed E-state index contributed by atoms with van der Waals surface area (Å²) in [4.78, 5) is 40.4. The number of aromatic nitrogens is 5. The minimum atomic E-state index is -0.0900. The van der Waals surface area contributed by atoms with Crippen LogP contribution in [0.5, 0.6) is 6.01 Å². The Balaban J connectivity index is 1.44. The molecule has 2 aliphatic rings. The van der Waals surface area contributed by atoms with E-state index in [1.54, 1.807) is 6.20 Å². The molecule has 1 fully saturated rings. The molecule has 2 atom stereocenters. The van der Waals surface area contributed by atoms with Crippen molar-refractivity contribution < 1.29 is 9.53 Å². The number of aryl methyl sites for hydroxylation is 1. The maximum Gasteiger partial charge on any atom is 0.316 e. The van der Waals surface area contributed by atoms with Gasteiger partial charge in [0, 0.05) is 63.1 Å². The van der Waals surface area contributed by atoms with Crippen LogP contribution in [-0.2, 0) is 13.6 Å².